The summed E-state index contributed by atoms with van der Waals surface area (Å²) in [5, 5.41) is 11.4. The molecule has 1 fully saturated rings. The zero-order valence-electron chi connectivity index (χ0n) is 8.33. The van der Waals surface area contributed by atoms with E-state index in [0.29, 0.717) is 25.5 Å². The molecule has 1 saturated heterocycles. The van der Waals surface area contributed by atoms with Crippen molar-refractivity contribution in [2.24, 2.45) is 12.8 Å². The summed E-state index contributed by atoms with van der Waals surface area (Å²) >= 11 is 0. The van der Waals surface area contributed by atoms with Crippen LogP contribution in [0, 0.1) is 0 Å². The lowest BCUT2D eigenvalue weighted by Gasteiger charge is -2.08. The number of aryl methyl sites for hydroxylation is 1. The molecule has 0 saturated carbocycles. The number of carbonyl (C=O) groups is 1. The summed E-state index contributed by atoms with van der Waals surface area (Å²) < 4.78 is 4.98. The summed E-state index contributed by atoms with van der Waals surface area (Å²) in [5.41, 5.74) is 5.40. The maximum atomic E-state index is 11.3. The average Bonchev–Trinajstić information content (AvgIpc) is 2.75. The Morgan fingerprint density at radius 2 is 2.47 bits per heavy atom. The van der Waals surface area contributed by atoms with Crippen molar-refractivity contribution in [3.05, 3.63) is 5.82 Å². The first-order chi connectivity index (χ1) is 7.19. The summed E-state index contributed by atoms with van der Waals surface area (Å²) in [5.74, 6) is 0.493. The fraction of sp³-hybridized carbons (Fsp3) is 0.714. The van der Waals surface area contributed by atoms with Crippen LogP contribution < -0.4 is 5.73 Å². The summed E-state index contributed by atoms with van der Waals surface area (Å²) in [4.78, 5) is 14.2. The van der Waals surface area contributed by atoms with E-state index in [-0.39, 0.29) is 12.2 Å². The number of carbonyl (C=O) groups excluding carboxylic acids is 1. The topological polar surface area (TPSA) is 99.2 Å². The van der Waals surface area contributed by atoms with Crippen molar-refractivity contribution < 1.29 is 9.53 Å². The zero-order chi connectivity index (χ0) is 10.8. The maximum absolute atomic E-state index is 11.3. The molecule has 2 heterocycles. The Labute approximate surface area is 86.0 Å². The SMILES string of the molecule is Cn1nnc(CN2CC(CN)OC2=O)n1. The van der Waals surface area contributed by atoms with E-state index in [9.17, 15) is 4.79 Å². The maximum Gasteiger partial charge on any atom is 0.410 e. The number of nitrogens with two attached hydrogens (primary N) is 1. The minimum Gasteiger partial charge on any atom is -0.443 e. The molecule has 0 spiro atoms. The van der Waals surface area contributed by atoms with Gasteiger partial charge in [-0.05, 0) is 5.21 Å². The second-order valence-electron chi connectivity index (χ2n) is 3.32. The lowest BCUT2D eigenvalue weighted by atomic mass is 10.3. The molecule has 1 amide bonds. The van der Waals surface area contributed by atoms with E-state index in [1.807, 2.05) is 0 Å². The molecular formula is C7H12N6O2. The van der Waals surface area contributed by atoms with Crippen molar-refractivity contribution in [3.8, 4) is 0 Å². The van der Waals surface area contributed by atoms with E-state index >= 15 is 0 Å². The third-order valence-corrected chi connectivity index (χ3v) is 2.09. The third kappa shape index (κ3) is 2.04. The van der Waals surface area contributed by atoms with Crippen molar-refractivity contribution >= 4 is 6.09 Å². The molecule has 0 radical (unpaired) electrons. The second-order valence-corrected chi connectivity index (χ2v) is 3.32. The second kappa shape index (κ2) is 3.81. The van der Waals surface area contributed by atoms with Crippen molar-refractivity contribution in [3.63, 3.8) is 0 Å². The number of nitrogens with zero attached hydrogens (tertiary/aromatic N) is 5. The Morgan fingerprint density at radius 3 is 3.00 bits per heavy atom. The van der Waals surface area contributed by atoms with Crippen molar-refractivity contribution in [1.82, 2.24) is 25.1 Å². The number of ether oxygens (including phenoxy) is 1. The molecule has 2 N–H and O–H groups in total. The average molecular weight is 212 g/mol. The lowest BCUT2D eigenvalue weighted by molar-refractivity contribution is 0.134. The van der Waals surface area contributed by atoms with Crippen LogP contribution in [0.4, 0.5) is 4.79 Å². The minimum absolute atomic E-state index is 0.228. The fourth-order valence-electron chi connectivity index (χ4n) is 1.38. The van der Waals surface area contributed by atoms with E-state index in [1.54, 1.807) is 7.05 Å². The van der Waals surface area contributed by atoms with Gasteiger partial charge in [0, 0.05) is 6.54 Å². The van der Waals surface area contributed by atoms with Crippen LogP contribution >= 0.6 is 0 Å². The van der Waals surface area contributed by atoms with E-state index in [2.05, 4.69) is 15.4 Å². The lowest BCUT2D eigenvalue weighted by Crippen LogP contribution is -2.27. The minimum atomic E-state index is -0.377. The molecule has 1 unspecified atom stereocenters. The van der Waals surface area contributed by atoms with E-state index in [4.69, 9.17) is 10.5 Å². The highest BCUT2D eigenvalue weighted by Crippen LogP contribution is 2.11. The van der Waals surface area contributed by atoms with Gasteiger partial charge in [0.2, 0.25) is 0 Å². The van der Waals surface area contributed by atoms with Gasteiger partial charge < -0.3 is 10.5 Å². The zero-order valence-corrected chi connectivity index (χ0v) is 8.33. The predicted molar refractivity (Wildman–Crippen MR) is 48.5 cm³/mol. The van der Waals surface area contributed by atoms with Crippen LogP contribution in [0.15, 0.2) is 0 Å². The molecule has 0 bridgehead atoms. The van der Waals surface area contributed by atoms with Crippen LogP contribution in [0.1, 0.15) is 5.82 Å². The first kappa shape index (κ1) is 9.84. The molecular weight excluding hydrogens is 200 g/mol. The monoisotopic (exact) mass is 212 g/mol. The predicted octanol–water partition coefficient (Wildman–Crippen LogP) is -1.51. The first-order valence-corrected chi connectivity index (χ1v) is 4.57. The number of hydrogen-bond acceptors (Lipinski definition) is 6. The molecule has 2 rings (SSSR count). The molecule has 0 aliphatic carbocycles. The van der Waals surface area contributed by atoms with Crippen LogP contribution in [0.2, 0.25) is 0 Å². The van der Waals surface area contributed by atoms with Crippen LogP contribution in [0.3, 0.4) is 0 Å². The quantitative estimate of drug-likeness (QED) is 0.654. The Bertz CT molecular complexity index is 364. The van der Waals surface area contributed by atoms with Gasteiger partial charge in [-0.3, -0.25) is 4.90 Å². The molecule has 0 aromatic carbocycles. The van der Waals surface area contributed by atoms with E-state index in [1.165, 1.54) is 9.70 Å². The van der Waals surface area contributed by atoms with Crippen molar-refractivity contribution in [1.29, 1.82) is 0 Å². The van der Waals surface area contributed by atoms with Gasteiger partial charge in [-0.2, -0.15) is 4.80 Å². The molecule has 82 valence electrons. The van der Waals surface area contributed by atoms with Gasteiger partial charge in [0.25, 0.3) is 0 Å². The van der Waals surface area contributed by atoms with Crippen molar-refractivity contribution in [2.45, 2.75) is 12.6 Å². The molecule has 1 atom stereocenters. The normalized spacial score (nSPS) is 20.8. The van der Waals surface area contributed by atoms with Gasteiger partial charge >= 0.3 is 6.09 Å². The Morgan fingerprint density at radius 1 is 1.67 bits per heavy atom. The number of rotatable bonds is 3. The third-order valence-electron chi connectivity index (χ3n) is 2.09. The highest BCUT2D eigenvalue weighted by molar-refractivity contribution is 5.69. The molecule has 8 nitrogen and oxygen atoms in total. The van der Waals surface area contributed by atoms with Gasteiger partial charge in [-0.1, -0.05) is 0 Å². The van der Waals surface area contributed by atoms with Gasteiger partial charge in [0.1, 0.15) is 6.10 Å². The molecule has 1 aliphatic rings. The Kier molecular flexibility index (Phi) is 2.50. The molecule has 1 aromatic rings. The van der Waals surface area contributed by atoms with Crippen LogP contribution in [-0.4, -0.2) is 50.4 Å². The summed E-state index contributed by atoms with van der Waals surface area (Å²) in [6.45, 7) is 1.12. The fourth-order valence-corrected chi connectivity index (χ4v) is 1.38. The molecule has 1 aliphatic heterocycles. The number of aromatic nitrogens is 4. The summed E-state index contributed by atoms with van der Waals surface area (Å²) in [6, 6.07) is 0. The number of cyclic esters (lactones) is 1. The number of hydrogen-bond donors (Lipinski definition) is 1. The highest BCUT2D eigenvalue weighted by atomic mass is 16.6. The van der Waals surface area contributed by atoms with Crippen LogP contribution in [0.5, 0.6) is 0 Å². The first-order valence-electron chi connectivity index (χ1n) is 4.57. The van der Waals surface area contributed by atoms with Gasteiger partial charge in [-0.15, -0.1) is 10.2 Å². The molecule has 15 heavy (non-hydrogen) atoms. The number of tetrazole rings is 1. The van der Waals surface area contributed by atoms with E-state index in [0.717, 1.165) is 0 Å². The summed E-state index contributed by atoms with van der Waals surface area (Å²) in [6.07, 6.45) is -0.605. The van der Waals surface area contributed by atoms with Crippen LogP contribution in [-0.2, 0) is 18.3 Å². The smallest absolute Gasteiger partial charge is 0.410 e. The van der Waals surface area contributed by atoms with Gasteiger partial charge in [0.15, 0.2) is 5.82 Å². The molecule has 1 aromatic heterocycles. The van der Waals surface area contributed by atoms with Crippen LogP contribution in [0.25, 0.3) is 0 Å². The molecule has 8 heteroatoms. The van der Waals surface area contributed by atoms with Crippen molar-refractivity contribution in [2.75, 3.05) is 13.1 Å². The number of amides is 1. The summed E-state index contributed by atoms with van der Waals surface area (Å²) in [7, 11) is 1.67. The van der Waals surface area contributed by atoms with E-state index < -0.39 is 0 Å². The van der Waals surface area contributed by atoms with Gasteiger partial charge in [0.05, 0.1) is 20.1 Å². The standard InChI is InChI=1S/C7H12N6O2/c1-12-10-6(9-11-12)4-13-3-5(2-8)15-7(13)14/h5H,2-4,8H2,1H3. The Hall–Kier alpha value is -1.70. The largest absolute Gasteiger partial charge is 0.443 e. The highest BCUT2D eigenvalue weighted by Gasteiger charge is 2.30. The van der Waals surface area contributed by atoms with Gasteiger partial charge in [-0.25, -0.2) is 4.79 Å². The Balaban J connectivity index is 1.98.